The third-order valence-electron chi connectivity index (χ3n) is 5.94. The summed E-state index contributed by atoms with van der Waals surface area (Å²) in [5, 5.41) is 0.484. The van der Waals surface area contributed by atoms with E-state index < -0.39 is 0 Å². The summed E-state index contributed by atoms with van der Waals surface area (Å²) >= 11 is 0. The largest absolute Gasteiger partial charge is 0.488 e. The van der Waals surface area contributed by atoms with Gasteiger partial charge < -0.3 is 18.6 Å². The monoisotopic (exact) mass is 460 g/mol. The first-order valence-corrected chi connectivity index (χ1v) is 11.4. The van der Waals surface area contributed by atoms with Gasteiger partial charge in [-0.25, -0.2) is 4.39 Å². The Labute approximate surface area is 196 Å². The molecular formula is C28H25FO5. The average Bonchev–Trinajstić information content (AvgIpc) is 2.84. The highest BCUT2D eigenvalue weighted by Crippen LogP contribution is 2.36. The van der Waals surface area contributed by atoms with Gasteiger partial charge in [0, 0.05) is 11.6 Å². The van der Waals surface area contributed by atoms with Crippen LogP contribution in [0, 0.1) is 12.7 Å². The minimum absolute atomic E-state index is 0.0907. The molecule has 5 rings (SSSR count). The predicted molar refractivity (Wildman–Crippen MR) is 128 cm³/mol. The van der Waals surface area contributed by atoms with Crippen LogP contribution in [0.15, 0.2) is 63.8 Å². The average molecular weight is 461 g/mol. The second-order valence-corrected chi connectivity index (χ2v) is 8.31. The van der Waals surface area contributed by atoms with E-state index in [4.69, 9.17) is 18.6 Å². The number of hydrogen-bond donors (Lipinski definition) is 0. The van der Waals surface area contributed by atoms with Gasteiger partial charge in [0.15, 0.2) is 11.5 Å². The number of hydrogen-bond acceptors (Lipinski definition) is 5. The van der Waals surface area contributed by atoms with Gasteiger partial charge >= 0.3 is 0 Å². The third kappa shape index (κ3) is 4.12. The van der Waals surface area contributed by atoms with Crippen molar-refractivity contribution < 1.29 is 23.0 Å². The summed E-state index contributed by atoms with van der Waals surface area (Å²) in [6.07, 6.45) is 1.59. The van der Waals surface area contributed by atoms with Crippen LogP contribution in [0.4, 0.5) is 4.39 Å². The highest BCUT2D eigenvalue weighted by molar-refractivity contribution is 5.85. The maximum Gasteiger partial charge on any atom is 0.200 e. The van der Waals surface area contributed by atoms with Gasteiger partial charge in [0.2, 0.25) is 5.43 Å². The van der Waals surface area contributed by atoms with Crippen LogP contribution in [0.1, 0.15) is 30.2 Å². The van der Waals surface area contributed by atoms with Crippen LogP contribution in [-0.4, -0.2) is 13.2 Å². The second kappa shape index (κ2) is 9.21. The number of halogens is 1. The Kier molecular flexibility index (Phi) is 5.97. The minimum atomic E-state index is -0.313. The molecule has 0 bridgehead atoms. The number of aryl methyl sites for hydroxylation is 2. The maximum atomic E-state index is 14.1. The molecule has 0 atom stereocenters. The topological polar surface area (TPSA) is 57.9 Å². The van der Waals surface area contributed by atoms with E-state index in [-0.39, 0.29) is 17.9 Å². The molecule has 3 aromatic carbocycles. The van der Waals surface area contributed by atoms with Crippen molar-refractivity contribution in [2.45, 2.75) is 33.3 Å². The zero-order valence-corrected chi connectivity index (χ0v) is 19.2. The SMILES string of the molecule is CCCc1cc2c(=O)c(-c3ccc4c(c3)OCCO4)c(C)oc2cc1OCc1ccccc1F. The summed E-state index contributed by atoms with van der Waals surface area (Å²) in [7, 11) is 0. The Morgan fingerprint density at radius 1 is 0.971 bits per heavy atom. The molecule has 0 N–H and O–H groups in total. The quantitative estimate of drug-likeness (QED) is 0.342. The molecule has 0 amide bonds. The molecule has 1 aromatic heterocycles. The molecule has 0 radical (unpaired) electrons. The summed E-state index contributed by atoms with van der Waals surface area (Å²) < 4.78 is 37.4. The van der Waals surface area contributed by atoms with Crippen LogP contribution in [0.3, 0.4) is 0 Å². The van der Waals surface area contributed by atoms with Crippen molar-refractivity contribution in [1.29, 1.82) is 0 Å². The molecule has 1 aliphatic heterocycles. The maximum absolute atomic E-state index is 14.1. The first kappa shape index (κ1) is 22.0. The fourth-order valence-electron chi connectivity index (χ4n) is 4.28. The zero-order valence-electron chi connectivity index (χ0n) is 19.2. The Balaban J connectivity index is 1.57. The lowest BCUT2D eigenvalue weighted by Crippen LogP contribution is -2.15. The third-order valence-corrected chi connectivity index (χ3v) is 5.94. The second-order valence-electron chi connectivity index (χ2n) is 8.31. The van der Waals surface area contributed by atoms with Gasteiger partial charge in [-0.2, -0.15) is 0 Å². The number of benzene rings is 3. The summed E-state index contributed by atoms with van der Waals surface area (Å²) in [6, 6.07) is 15.6. The summed E-state index contributed by atoms with van der Waals surface area (Å²) in [5.74, 6) is 2.06. The van der Waals surface area contributed by atoms with Crippen molar-refractivity contribution in [2.24, 2.45) is 0 Å². The standard InChI is InChI=1S/C28H25FO5/c1-3-6-18-13-21-25(15-24(18)33-16-20-7-4-5-8-22(20)29)34-17(2)27(28(21)30)19-9-10-23-26(14-19)32-12-11-31-23/h4-5,7-10,13-15H,3,6,11-12,16H2,1-2H3. The fraction of sp³-hybridized carbons (Fsp3) is 0.250. The van der Waals surface area contributed by atoms with E-state index in [1.165, 1.54) is 6.07 Å². The molecular weight excluding hydrogens is 435 g/mol. The van der Waals surface area contributed by atoms with Crippen LogP contribution in [-0.2, 0) is 13.0 Å². The first-order valence-electron chi connectivity index (χ1n) is 11.4. The summed E-state index contributed by atoms with van der Waals surface area (Å²) in [5.41, 5.74) is 2.88. The lowest BCUT2D eigenvalue weighted by atomic mass is 9.99. The van der Waals surface area contributed by atoms with Crippen molar-refractivity contribution in [3.63, 3.8) is 0 Å². The smallest absolute Gasteiger partial charge is 0.200 e. The molecule has 0 aliphatic carbocycles. The van der Waals surface area contributed by atoms with E-state index in [2.05, 4.69) is 6.92 Å². The predicted octanol–water partition coefficient (Wildman–Crippen LogP) is 6.21. The molecule has 0 fully saturated rings. The van der Waals surface area contributed by atoms with Crippen LogP contribution in [0.5, 0.6) is 17.2 Å². The van der Waals surface area contributed by atoms with E-state index in [9.17, 15) is 9.18 Å². The highest BCUT2D eigenvalue weighted by Gasteiger charge is 2.19. The molecule has 2 heterocycles. The molecule has 0 saturated heterocycles. The van der Waals surface area contributed by atoms with Crippen LogP contribution in [0.25, 0.3) is 22.1 Å². The normalized spacial score (nSPS) is 12.7. The number of rotatable bonds is 6. The zero-order chi connectivity index (χ0) is 23.7. The van der Waals surface area contributed by atoms with E-state index in [0.717, 1.165) is 18.4 Å². The van der Waals surface area contributed by atoms with E-state index in [1.807, 2.05) is 24.3 Å². The van der Waals surface area contributed by atoms with E-state index in [0.29, 0.717) is 63.9 Å². The molecule has 5 nitrogen and oxygen atoms in total. The number of ether oxygens (including phenoxy) is 3. The Hall–Kier alpha value is -3.80. The Morgan fingerprint density at radius 3 is 2.56 bits per heavy atom. The van der Waals surface area contributed by atoms with E-state index in [1.54, 1.807) is 31.2 Å². The van der Waals surface area contributed by atoms with Crippen molar-refractivity contribution >= 4 is 11.0 Å². The van der Waals surface area contributed by atoms with Crippen molar-refractivity contribution in [3.8, 4) is 28.4 Å². The summed E-state index contributed by atoms with van der Waals surface area (Å²) in [4.78, 5) is 13.6. The number of fused-ring (bicyclic) bond motifs is 2. The molecule has 0 unspecified atom stereocenters. The molecule has 4 aromatic rings. The molecule has 1 aliphatic rings. The van der Waals surface area contributed by atoms with Crippen LogP contribution >= 0.6 is 0 Å². The van der Waals surface area contributed by atoms with Crippen molar-refractivity contribution in [2.75, 3.05) is 13.2 Å². The fourth-order valence-corrected chi connectivity index (χ4v) is 4.28. The first-order chi connectivity index (χ1) is 16.5. The van der Waals surface area contributed by atoms with E-state index >= 15 is 0 Å². The van der Waals surface area contributed by atoms with Gasteiger partial charge in [0.05, 0.1) is 10.9 Å². The summed E-state index contributed by atoms with van der Waals surface area (Å²) in [6.45, 7) is 4.89. The Morgan fingerprint density at radius 2 is 1.76 bits per heavy atom. The highest BCUT2D eigenvalue weighted by atomic mass is 19.1. The van der Waals surface area contributed by atoms with Gasteiger partial charge in [0.25, 0.3) is 0 Å². The van der Waals surface area contributed by atoms with Gasteiger partial charge in [-0.1, -0.05) is 37.6 Å². The van der Waals surface area contributed by atoms with Crippen molar-refractivity contribution in [1.82, 2.24) is 0 Å². The molecule has 34 heavy (non-hydrogen) atoms. The van der Waals surface area contributed by atoms with Crippen LogP contribution < -0.4 is 19.6 Å². The lowest BCUT2D eigenvalue weighted by Gasteiger charge is -2.19. The van der Waals surface area contributed by atoms with Gasteiger partial charge in [-0.3, -0.25) is 4.79 Å². The van der Waals surface area contributed by atoms with Gasteiger partial charge in [-0.05, 0) is 48.7 Å². The molecule has 0 saturated carbocycles. The van der Waals surface area contributed by atoms with Crippen molar-refractivity contribution in [3.05, 3.63) is 87.5 Å². The molecule has 6 heteroatoms. The molecule has 174 valence electrons. The Bertz CT molecular complexity index is 1420. The molecule has 0 spiro atoms. The lowest BCUT2D eigenvalue weighted by molar-refractivity contribution is 0.171. The van der Waals surface area contributed by atoms with Gasteiger partial charge in [0.1, 0.15) is 42.7 Å². The van der Waals surface area contributed by atoms with Crippen LogP contribution in [0.2, 0.25) is 0 Å². The minimum Gasteiger partial charge on any atom is -0.488 e. The van der Waals surface area contributed by atoms with Gasteiger partial charge in [-0.15, -0.1) is 0 Å².